The molecule has 4 rings (SSSR count). The molecule has 0 radical (unpaired) electrons. The zero-order valence-corrected chi connectivity index (χ0v) is 18.6. The first kappa shape index (κ1) is 21.2. The van der Waals surface area contributed by atoms with Crippen molar-refractivity contribution in [3.63, 3.8) is 0 Å². The molecular formula is C23H16Cl2N2O3S. The van der Waals surface area contributed by atoms with Gasteiger partial charge in [-0.05, 0) is 42.5 Å². The predicted octanol–water partition coefficient (Wildman–Crippen LogP) is 6.72. The van der Waals surface area contributed by atoms with Crippen LogP contribution in [0.15, 0.2) is 66.7 Å². The van der Waals surface area contributed by atoms with Gasteiger partial charge in [-0.2, -0.15) is 0 Å². The molecule has 0 fully saturated rings. The van der Waals surface area contributed by atoms with Gasteiger partial charge in [0.1, 0.15) is 10.6 Å². The van der Waals surface area contributed by atoms with Crippen LogP contribution in [-0.2, 0) is 0 Å². The summed E-state index contributed by atoms with van der Waals surface area (Å²) in [4.78, 5) is 26.3. The van der Waals surface area contributed by atoms with Gasteiger partial charge in [-0.25, -0.2) is 0 Å². The number of carbonyl (C=O) groups excluding carboxylic acids is 2. The molecule has 0 bridgehead atoms. The highest BCUT2D eigenvalue weighted by atomic mass is 35.5. The fourth-order valence-corrected chi connectivity index (χ4v) is 4.56. The number of rotatable bonds is 5. The number of hydrogen-bond donors (Lipinski definition) is 2. The minimum absolute atomic E-state index is 0.279. The molecule has 0 saturated heterocycles. The second-order valence-corrected chi connectivity index (χ2v) is 8.43. The molecule has 5 nitrogen and oxygen atoms in total. The van der Waals surface area contributed by atoms with Crippen LogP contribution in [0.4, 0.5) is 11.4 Å². The Morgan fingerprint density at radius 3 is 2.35 bits per heavy atom. The van der Waals surface area contributed by atoms with Crippen LogP contribution in [0.1, 0.15) is 20.0 Å². The van der Waals surface area contributed by atoms with E-state index in [1.165, 1.54) is 18.4 Å². The molecule has 1 heterocycles. The fourth-order valence-electron chi connectivity index (χ4n) is 3.02. The van der Waals surface area contributed by atoms with E-state index in [1.807, 2.05) is 24.3 Å². The minimum Gasteiger partial charge on any atom is -0.497 e. The van der Waals surface area contributed by atoms with Crippen molar-refractivity contribution in [1.82, 2.24) is 0 Å². The number of ether oxygens (including phenoxy) is 1. The van der Waals surface area contributed by atoms with Crippen molar-refractivity contribution in [3.05, 3.63) is 87.2 Å². The average Bonchev–Trinajstić information content (AvgIpc) is 3.12. The van der Waals surface area contributed by atoms with Gasteiger partial charge in [0.15, 0.2) is 0 Å². The molecule has 0 aliphatic rings. The third-order valence-electron chi connectivity index (χ3n) is 4.56. The number of nitrogens with one attached hydrogen (secondary N) is 2. The lowest BCUT2D eigenvalue weighted by Gasteiger charge is -2.13. The number of benzene rings is 3. The van der Waals surface area contributed by atoms with Crippen molar-refractivity contribution in [3.8, 4) is 5.75 Å². The Kier molecular flexibility index (Phi) is 6.13. The zero-order valence-electron chi connectivity index (χ0n) is 16.2. The maximum atomic E-state index is 13.0. The highest BCUT2D eigenvalue weighted by molar-refractivity contribution is 7.21. The largest absolute Gasteiger partial charge is 0.497 e. The number of halogens is 2. The first-order valence-corrected chi connectivity index (χ1v) is 10.8. The summed E-state index contributed by atoms with van der Waals surface area (Å²) in [6.07, 6.45) is 0. The number of fused-ring (bicyclic) bond motifs is 1. The van der Waals surface area contributed by atoms with Crippen molar-refractivity contribution in [2.45, 2.75) is 0 Å². The first-order chi connectivity index (χ1) is 15.0. The van der Waals surface area contributed by atoms with E-state index in [2.05, 4.69) is 10.6 Å². The van der Waals surface area contributed by atoms with Crippen LogP contribution in [0.25, 0.3) is 10.1 Å². The standard InChI is InChI=1S/C23H16Cl2N2O3S/c1-30-15-10-11-16(22(28)26-14-8-6-13(24)7-9-14)18(12-15)27-23(29)21-20(25)17-4-2-3-5-19(17)31-21/h2-12H,1H3,(H,26,28)(H,27,29). The van der Waals surface area contributed by atoms with Gasteiger partial charge in [0.25, 0.3) is 11.8 Å². The number of hydrogen-bond acceptors (Lipinski definition) is 4. The smallest absolute Gasteiger partial charge is 0.267 e. The highest BCUT2D eigenvalue weighted by Crippen LogP contribution is 2.36. The molecule has 0 aliphatic carbocycles. The summed E-state index contributed by atoms with van der Waals surface area (Å²) in [5.41, 5.74) is 1.17. The summed E-state index contributed by atoms with van der Waals surface area (Å²) in [7, 11) is 1.51. The maximum absolute atomic E-state index is 13.0. The van der Waals surface area contributed by atoms with Gasteiger partial charge in [0, 0.05) is 26.9 Å². The SMILES string of the molecule is COc1ccc(C(=O)Nc2ccc(Cl)cc2)c(NC(=O)c2sc3ccccc3c2Cl)c1. The summed E-state index contributed by atoms with van der Waals surface area (Å²) in [6.45, 7) is 0. The molecule has 0 unspecified atom stereocenters. The average molecular weight is 471 g/mol. The molecule has 156 valence electrons. The first-order valence-electron chi connectivity index (χ1n) is 9.19. The topological polar surface area (TPSA) is 67.4 Å². The number of anilines is 2. The van der Waals surface area contributed by atoms with Gasteiger partial charge in [-0.15, -0.1) is 11.3 Å². The molecule has 0 aliphatic heterocycles. The van der Waals surface area contributed by atoms with Gasteiger partial charge >= 0.3 is 0 Å². The summed E-state index contributed by atoms with van der Waals surface area (Å²) >= 11 is 13.6. The Morgan fingerprint density at radius 1 is 0.903 bits per heavy atom. The van der Waals surface area contributed by atoms with Gasteiger partial charge < -0.3 is 15.4 Å². The molecule has 8 heteroatoms. The lowest BCUT2D eigenvalue weighted by atomic mass is 10.1. The zero-order chi connectivity index (χ0) is 22.0. The molecule has 0 atom stereocenters. The van der Waals surface area contributed by atoms with Crippen LogP contribution < -0.4 is 15.4 Å². The van der Waals surface area contributed by atoms with Gasteiger partial charge in [0.05, 0.1) is 23.4 Å². The van der Waals surface area contributed by atoms with Gasteiger partial charge in [-0.3, -0.25) is 9.59 Å². The lowest BCUT2D eigenvalue weighted by Crippen LogP contribution is -2.18. The number of thiophene rings is 1. The summed E-state index contributed by atoms with van der Waals surface area (Å²) in [6, 6.07) is 19.1. The molecular weight excluding hydrogens is 455 g/mol. The van der Waals surface area contributed by atoms with Crippen LogP contribution in [0.5, 0.6) is 5.75 Å². The summed E-state index contributed by atoms with van der Waals surface area (Å²) in [5, 5.41) is 7.36. The third kappa shape index (κ3) is 4.51. The fraction of sp³-hybridized carbons (Fsp3) is 0.0435. The van der Waals surface area contributed by atoms with Crippen LogP contribution in [-0.4, -0.2) is 18.9 Å². The Balaban J connectivity index is 1.64. The Hall–Kier alpha value is -3.06. The summed E-state index contributed by atoms with van der Waals surface area (Å²) in [5.74, 6) is -0.288. The van der Waals surface area contributed by atoms with Crippen molar-refractivity contribution < 1.29 is 14.3 Å². The maximum Gasteiger partial charge on any atom is 0.267 e. The molecule has 0 spiro atoms. The van der Waals surface area contributed by atoms with E-state index in [4.69, 9.17) is 27.9 Å². The molecule has 4 aromatic rings. The quantitative estimate of drug-likeness (QED) is 0.340. The second-order valence-electron chi connectivity index (χ2n) is 6.57. The second kappa shape index (κ2) is 8.98. The highest BCUT2D eigenvalue weighted by Gasteiger charge is 2.20. The third-order valence-corrected chi connectivity index (χ3v) is 6.49. The Bertz CT molecular complexity index is 1290. The molecule has 2 N–H and O–H groups in total. The predicted molar refractivity (Wildman–Crippen MR) is 127 cm³/mol. The molecule has 3 aromatic carbocycles. The number of methoxy groups -OCH3 is 1. The van der Waals surface area contributed by atoms with Crippen molar-refractivity contribution in [2.24, 2.45) is 0 Å². The van der Waals surface area contributed by atoms with Crippen LogP contribution in [0, 0.1) is 0 Å². The molecule has 0 saturated carbocycles. The van der Waals surface area contributed by atoms with E-state index < -0.39 is 5.91 Å². The van der Waals surface area contributed by atoms with Gasteiger partial charge in [-0.1, -0.05) is 41.4 Å². The molecule has 1 aromatic heterocycles. The van der Waals surface area contributed by atoms with Crippen LogP contribution in [0.3, 0.4) is 0 Å². The Labute approximate surface area is 192 Å². The number of carbonyl (C=O) groups is 2. The number of amides is 2. The molecule has 2 amide bonds. The van der Waals surface area contributed by atoms with Crippen molar-refractivity contribution in [1.29, 1.82) is 0 Å². The van der Waals surface area contributed by atoms with Crippen molar-refractivity contribution in [2.75, 3.05) is 17.7 Å². The van der Waals surface area contributed by atoms with E-state index in [9.17, 15) is 9.59 Å². The van der Waals surface area contributed by atoms with Gasteiger partial charge in [0.2, 0.25) is 0 Å². The van der Waals surface area contributed by atoms with E-state index in [1.54, 1.807) is 42.5 Å². The van der Waals surface area contributed by atoms with Crippen LogP contribution in [0.2, 0.25) is 10.0 Å². The normalized spacial score (nSPS) is 10.7. The molecule has 31 heavy (non-hydrogen) atoms. The van der Waals surface area contributed by atoms with E-state index in [0.29, 0.717) is 32.0 Å². The Morgan fingerprint density at radius 2 is 1.65 bits per heavy atom. The van der Waals surface area contributed by atoms with Crippen molar-refractivity contribution >= 4 is 67.8 Å². The lowest BCUT2D eigenvalue weighted by molar-refractivity contribution is 0.102. The summed E-state index contributed by atoms with van der Waals surface area (Å²) < 4.78 is 6.17. The van der Waals surface area contributed by atoms with Crippen LogP contribution >= 0.6 is 34.5 Å². The minimum atomic E-state index is -0.403. The van der Waals surface area contributed by atoms with E-state index in [-0.39, 0.29) is 11.5 Å². The van der Waals surface area contributed by atoms with E-state index in [0.717, 1.165) is 10.1 Å². The monoisotopic (exact) mass is 470 g/mol. The van der Waals surface area contributed by atoms with E-state index >= 15 is 0 Å².